The van der Waals surface area contributed by atoms with Crippen molar-refractivity contribution in [3.05, 3.63) is 99.6 Å². The fraction of sp³-hybridized carbons (Fsp3) is 0.172. The molecule has 1 aliphatic rings. The summed E-state index contributed by atoms with van der Waals surface area (Å²) in [5, 5.41) is 5.53. The number of halogens is 1. The minimum atomic E-state index is -0.834. The summed E-state index contributed by atoms with van der Waals surface area (Å²) >= 11 is 5.99. The van der Waals surface area contributed by atoms with Gasteiger partial charge in [-0.2, -0.15) is 0 Å². The molecule has 1 aliphatic heterocycles. The van der Waals surface area contributed by atoms with E-state index in [0.717, 1.165) is 5.56 Å². The lowest BCUT2D eigenvalue weighted by atomic mass is 10.1. The van der Waals surface area contributed by atoms with Crippen molar-refractivity contribution in [1.29, 1.82) is 0 Å². The normalized spacial score (nSPS) is 14.1. The van der Waals surface area contributed by atoms with Crippen molar-refractivity contribution >= 4 is 52.7 Å². The van der Waals surface area contributed by atoms with Crippen LogP contribution in [0.25, 0.3) is 6.08 Å². The molecule has 200 valence electrons. The maximum Gasteiger partial charge on any atom is 0.340 e. The summed E-state index contributed by atoms with van der Waals surface area (Å²) < 4.78 is 11.0. The number of carbonyl (C=O) groups is 4. The lowest BCUT2D eigenvalue weighted by Crippen LogP contribution is -2.34. The maximum atomic E-state index is 13.4. The van der Waals surface area contributed by atoms with E-state index in [2.05, 4.69) is 10.6 Å². The number of esters is 1. The Bertz CT molecular complexity index is 1490. The molecule has 0 spiro atoms. The van der Waals surface area contributed by atoms with Crippen LogP contribution in [0.1, 0.15) is 30.9 Å². The number of furan rings is 1. The van der Waals surface area contributed by atoms with Gasteiger partial charge in [-0.15, -0.1) is 0 Å². The number of hydrogen-bond donors (Lipinski definition) is 2. The second-order valence-corrected chi connectivity index (χ2v) is 9.10. The minimum absolute atomic E-state index is 0.0617. The van der Waals surface area contributed by atoms with Gasteiger partial charge in [0, 0.05) is 22.1 Å². The van der Waals surface area contributed by atoms with Crippen LogP contribution in [0.4, 0.5) is 11.4 Å². The third-order valence-corrected chi connectivity index (χ3v) is 6.12. The third-order valence-electron chi connectivity index (χ3n) is 5.87. The Labute approximate surface area is 230 Å². The Morgan fingerprint density at radius 1 is 0.974 bits per heavy atom. The van der Waals surface area contributed by atoms with Crippen molar-refractivity contribution in [2.45, 2.75) is 27.3 Å². The van der Waals surface area contributed by atoms with E-state index in [0.29, 0.717) is 27.9 Å². The average Bonchev–Trinajstić information content (AvgIpc) is 3.46. The molecule has 0 radical (unpaired) electrons. The van der Waals surface area contributed by atoms with Crippen LogP contribution >= 0.6 is 11.6 Å². The highest BCUT2D eigenvalue weighted by molar-refractivity contribution is 6.39. The van der Waals surface area contributed by atoms with Crippen LogP contribution in [0.3, 0.4) is 0 Å². The highest BCUT2D eigenvalue weighted by atomic mass is 35.5. The number of carbonyl (C=O) groups excluding carboxylic acids is 4. The number of amides is 3. The number of rotatable bonds is 7. The summed E-state index contributed by atoms with van der Waals surface area (Å²) in [7, 11) is 0. The predicted molar refractivity (Wildman–Crippen MR) is 147 cm³/mol. The first-order valence-electron chi connectivity index (χ1n) is 12.1. The quantitative estimate of drug-likeness (QED) is 0.250. The van der Waals surface area contributed by atoms with Gasteiger partial charge in [0.2, 0.25) is 0 Å². The molecule has 0 aliphatic carbocycles. The Morgan fingerprint density at radius 2 is 1.67 bits per heavy atom. The largest absolute Gasteiger partial charge is 0.462 e. The molecule has 0 bridgehead atoms. The SMILES string of the molecule is CCOC(=O)C1=C(C)N(c2ccc(Cl)cc2)C(=O)/C1=C/c1ccc(CNC(=O)C(=O)Nc2ccc(C)cc2)o1. The summed E-state index contributed by atoms with van der Waals surface area (Å²) in [6.07, 6.45) is 1.45. The molecule has 4 rings (SSSR count). The number of allylic oxidation sites excluding steroid dienone is 1. The number of benzene rings is 2. The zero-order valence-electron chi connectivity index (χ0n) is 21.5. The van der Waals surface area contributed by atoms with Gasteiger partial charge in [0.25, 0.3) is 5.91 Å². The van der Waals surface area contributed by atoms with E-state index in [1.54, 1.807) is 62.4 Å². The number of nitrogens with zero attached hydrogens (tertiary/aromatic N) is 1. The monoisotopic (exact) mass is 547 g/mol. The molecule has 0 saturated carbocycles. The third kappa shape index (κ3) is 6.27. The minimum Gasteiger partial charge on any atom is -0.462 e. The zero-order valence-corrected chi connectivity index (χ0v) is 22.3. The molecule has 0 saturated heterocycles. The summed E-state index contributed by atoms with van der Waals surface area (Å²) in [6.45, 7) is 5.33. The molecule has 10 heteroatoms. The van der Waals surface area contributed by atoms with Gasteiger partial charge in [0.1, 0.15) is 11.5 Å². The van der Waals surface area contributed by atoms with E-state index in [-0.39, 0.29) is 30.1 Å². The van der Waals surface area contributed by atoms with E-state index in [4.69, 9.17) is 20.8 Å². The summed E-state index contributed by atoms with van der Waals surface area (Å²) in [4.78, 5) is 52.0. The van der Waals surface area contributed by atoms with Crippen molar-refractivity contribution in [3.63, 3.8) is 0 Å². The van der Waals surface area contributed by atoms with Crippen LogP contribution in [-0.2, 0) is 30.5 Å². The highest BCUT2D eigenvalue weighted by Gasteiger charge is 2.38. The van der Waals surface area contributed by atoms with Crippen molar-refractivity contribution < 1.29 is 28.3 Å². The van der Waals surface area contributed by atoms with Gasteiger partial charge in [-0.3, -0.25) is 19.3 Å². The Hall–Kier alpha value is -4.63. The number of nitrogens with one attached hydrogen (secondary N) is 2. The maximum absolute atomic E-state index is 13.4. The molecular weight excluding hydrogens is 522 g/mol. The van der Waals surface area contributed by atoms with Crippen molar-refractivity contribution in [3.8, 4) is 0 Å². The van der Waals surface area contributed by atoms with E-state index in [1.165, 1.54) is 11.0 Å². The molecule has 3 amide bonds. The number of anilines is 2. The fourth-order valence-corrected chi connectivity index (χ4v) is 4.09. The smallest absolute Gasteiger partial charge is 0.340 e. The van der Waals surface area contributed by atoms with Crippen molar-refractivity contribution in [2.75, 3.05) is 16.8 Å². The zero-order chi connectivity index (χ0) is 28.1. The molecule has 0 unspecified atom stereocenters. The van der Waals surface area contributed by atoms with E-state index >= 15 is 0 Å². The second kappa shape index (κ2) is 11.8. The van der Waals surface area contributed by atoms with Gasteiger partial charge in [0.15, 0.2) is 0 Å². The highest BCUT2D eigenvalue weighted by Crippen LogP contribution is 2.36. The number of hydrogen-bond acceptors (Lipinski definition) is 6. The van der Waals surface area contributed by atoms with Gasteiger partial charge in [-0.1, -0.05) is 29.3 Å². The lowest BCUT2D eigenvalue weighted by molar-refractivity contribution is -0.138. The summed E-state index contributed by atoms with van der Waals surface area (Å²) in [6, 6.07) is 16.9. The molecule has 9 nitrogen and oxygen atoms in total. The average molecular weight is 548 g/mol. The van der Waals surface area contributed by atoms with Gasteiger partial charge in [0.05, 0.1) is 24.3 Å². The Kier molecular flexibility index (Phi) is 8.31. The summed E-state index contributed by atoms with van der Waals surface area (Å²) in [5.74, 6) is -2.09. The predicted octanol–water partition coefficient (Wildman–Crippen LogP) is 4.76. The number of ether oxygens (including phenoxy) is 1. The summed E-state index contributed by atoms with van der Waals surface area (Å²) in [5.41, 5.74) is 2.70. The molecule has 2 heterocycles. The van der Waals surface area contributed by atoms with Gasteiger partial charge in [-0.25, -0.2) is 4.79 Å². The van der Waals surface area contributed by atoms with Crippen molar-refractivity contribution in [1.82, 2.24) is 5.32 Å². The molecular formula is C29H26ClN3O6. The van der Waals surface area contributed by atoms with Crippen LogP contribution in [0.15, 0.2) is 81.9 Å². The van der Waals surface area contributed by atoms with Crippen molar-refractivity contribution in [2.24, 2.45) is 0 Å². The topological polar surface area (TPSA) is 118 Å². The molecule has 0 fully saturated rings. The first kappa shape index (κ1) is 27.4. The number of aryl methyl sites for hydroxylation is 1. The van der Waals surface area contributed by atoms with Crippen LogP contribution in [0.2, 0.25) is 5.02 Å². The first-order valence-corrected chi connectivity index (χ1v) is 12.5. The Balaban J connectivity index is 1.49. The van der Waals surface area contributed by atoms with Gasteiger partial charge >= 0.3 is 17.8 Å². The standard InChI is InChI=1S/C29H26ClN3O6/c1-4-38-29(37)25-18(3)33(21-11-7-19(30)8-12-21)28(36)24(25)15-22-13-14-23(39-22)16-31-26(34)27(35)32-20-9-5-17(2)6-10-20/h5-15H,4,16H2,1-3H3,(H,31,34)(H,32,35)/b24-15+. The van der Waals surface area contributed by atoms with Crippen LogP contribution < -0.4 is 15.5 Å². The fourth-order valence-electron chi connectivity index (χ4n) is 3.96. The van der Waals surface area contributed by atoms with Gasteiger partial charge in [-0.05, 0) is 75.4 Å². The van der Waals surface area contributed by atoms with Crippen LogP contribution in [0, 0.1) is 6.92 Å². The molecule has 1 aromatic heterocycles. The van der Waals surface area contributed by atoms with Crippen LogP contribution in [-0.4, -0.2) is 30.3 Å². The van der Waals surface area contributed by atoms with E-state index in [1.807, 2.05) is 19.1 Å². The van der Waals surface area contributed by atoms with E-state index in [9.17, 15) is 19.2 Å². The molecule has 2 aromatic carbocycles. The first-order chi connectivity index (χ1) is 18.7. The Morgan fingerprint density at radius 3 is 2.33 bits per heavy atom. The molecule has 39 heavy (non-hydrogen) atoms. The van der Waals surface area contributed by atoms with E-state index < -0.39 is 23.7 Å². The van der Waals surface area contributed by atoms with Gasteiger partial charge < -0.3 is 19.8 Å². The lowest BCUT2D eigenvalue weighted by Gasteiger charge is -2.17. The second-order valence-electron chi connectivity index (χ2n) is 8.66. The van der Waals surface area contributed by atoms with Crippen LogP contribution in [0.5, 0.6) is 0 Å². The molecule has 3 aromatic rings. The molecule has 0 atom stereocenters. The molecule has 2 N–H and O–H groups in total.